The van der Waals surface area contributed by atoms with Crippen LogP contribution in [-0.4, -0.2) is 28.4 Å². The van der Waals surface area contributed by atoms with E-state index < -0.39 is 18.9 Å². The molecule has 0 saturated heterocycles. The van der Waals surface area contributed by atoms with Crippen molar-refractivity contribution in [3.8, 4) is 0 Å². The maximum Gasteiger partial charge on any atom is 0.319 e. The van der Waals surface area contributed by atoms with Gasteiger partial charge in [0.15, 0.2) is 0 Å². The van der Waals surface area contributed by atoms with Crippen molar-refractivity contribution in [2.45, 2.75) is 37.8 Å². The van der Waals surface area contributed by atoms with E-state index >= 15 is 0 Å². The highest BCUT2D eigenvalue weighted by Crippen LogP contribution is 2.35. The van der Waals surface area contributed by atoms with Crippen molar-refractivity contribution in [1.29, 1.82) is 0 Å². The van der Waals surface area contributed by atoms with E-state index in [0.717, 1.165) is 18.5 Å². The predicted octanol–water partition coefficient (Wildman–Crippen LogP) is 2.21. The topological polar surface area (TPSA) is 29.9 Å². The monoisotopic (exact) mass is 251 g/mol. The SMILES string of the molecule is FC(F)C(F)(F)CNCc1cncn1C1CC1. The van der Waals surface area contributed by atoms with Crippen LogP contribution in [0.1, 0.15) is 24.6 Å². The normalized spacial score (nSPS) is 16.8. The maximum absolute atomic E-state index is 12.6. The summed E-state index contributed by atoms with van der Waals surface area (Å²) in [6, 6.07) is 0.393. The van der Waals surface area contributed by atoms with Crippen LogP contribution in [0.25, 0.3) is 0 Å². The molecule has 7 heteroatoms. The molecule has 0 spiro atoms. The summed E-state index contributed by atoms with van der Waals surface area (Å²) >= 11 is 0. The lowest BCUT2D eigenvalue weighted by molar-refractivity contribution is -0.125. The van der Waals surface area contributed by atoms with Crippen LogP contribution in [0.15, 0.2) is 12.5 Å². The number of nitrogens with zero attached hydrogens (tertiary/aromatic N) is 2. The van der Waals surface area contributed by atoms with Gasteiger partial charge in [0.1, 0.15) is 0 Å². The Labute approximate surface area is 95.8 Å². The van der Waals surface area contributed by atoms with E-state index in [9.17, 15) is 17.6 Å². The molecule has 1 fully saturated rings. The number of imidazole rings is 1. The summed E-state index contributed by atoms with van der Waals surface area (Å²) in [4.78, 5) is 3.92. The summed E-state index contributed by atoms with van der Waals surface area (Å²) in [6.07, 6.45) is 1.67. The van der Waals surface area contributed by atoms with Gasteiger partial charge in [0, 0.05) is 18.8 Å². The van der Waals surface area contributed by atoms with Gasteiger partial charge in [0.25, 0.3) is 0 Å². The summed E-state index contributed by atoms with van der Waals surface area (Å²) in [5, 5.41) is 2.34. The van der Waals surface area contributed by atoms with Crippen LogP contribution in [0.4, 0.5) is 17.6 Å². The molecule has 0 radical (unpaired) electrons. The third-order valence-electron chi connectivity index (χ3n) is 2.67. The Hall–Kier alpha value is -1.11. The number of alkyl halides is 4. The second-order valence-corrected chi connectivity index (χ2v) is 4.19. The molecule has 17 heavy (non-hydrogen) atoms. The van der Waals surface area contributed by atoms with Gasteiger partial charge in [0.05, 0.1) is 18.6 Å². The quantitative estimate of drug-likeness (QED) is 0.785. The zero-order chi connectivity index (χ0) is 12.5. The first kappa shape index (κ1) is 12.3. The number of aromatic nitrogens is 2. The zero-order valence-electron chi connectivity index (χ0n) is 9.04. The van der Waals surface area contributed by atoms with Gasteiger partial charge in [-0.2, -0.15) is 8.78 Å². The van der Waals surface area contributed by atoms with E-state index in [-0.39, 0.29) is 6.54 Å². The largest absolute Gasteiger partial charge is 0.330 e. The average molecular weight is 251 g/mol. The van der Waals surface area contributed by atoms with E-state index in [1.165, 1.54) is 0 Å². The van der Waals surface area contributed by atoms with Gasteiger partial charge in [-0.05, 0) is 12.8 Å². The van der Waals surface area contributed by atoms with Gasteiger partial charge in [-0.25, -0.2) is 13.8 Å². The minimum Gasteiger partial charge on any atom is -0.330 e. The van der Waals surface area contributed by atoms with Gasteiger partial charge in [-0.15, -0.1) is 0 Å². The molecule has 1 heterocycles. The Morgan fingerprint density at radius 2 is 2.18 bits per heavy atom. The predicted molar refractivity (Wildman–Crippen MR) is 53.2 cm³/mol. The van der Waals surface area contributed by atoms with Crippen LogP contribution in [0, 0.1) is 0 Å². The van der Waals surface area contributed by atoms with Crippen LogP contribution in [0.3, 0.4) is 0 Å². The first-order valence-electron chi connectivity index (χ1n) is 5.38. The van der Waals surface area contributed by atoms with E-state index in [0.29, 0.717) is 6.04 Å². The zero-order valence-corrected chi connectivity index (χ0v) is 9.04. The summed E-state index contributed by atoms with van der Waals surface area (Å²) in [5.41, 5.74) is 0.748. The molecule has 0 aromatic carbocycles. The molecule has 1 N–H and O–H groups in total. The van der Waals surface area contributed by atoms with Crippen molar-refractivity contribution in [3.05, 3.63) is 18.2 Å². The third-order valence-corrected chi connectivity index (χ3v) is 2.67. The van der Waals surface area contributed by atoms with Crippen LogP contribution < -0.4 is 5.32 Å². The molecule has 0 atom stereocenters. The second kappa shape index (κ2) is 4.64. The lowest BCUT2D eigenvalue weighted by Crippen LogP contribution is -2.38. The van der Waals surface area contributed by atoms with Crippen molar-refractivity contribution in [2.75, 3.05) is 6.54 Å². The van der Waals surface area contributed by atoms with Crippen molar-refractivity contribution in [1.82, 2.24) is 14.9 Å². The van der Waals surface area contributed by atoms with Crippen LogP contribution >= 0.6 is 0 Å². The molecule has 1 aliphatic carbocycles. The molecule has 0 amide bonds. The standard InChI is InChI=1S/C10H13F4N3/c11-9(12)10(13,14)5-15-3-8-4-16-6-17(8)7-1-2-7/h4,6-7,9,15H,1-3,5H2. The molecule has 0 unspecified atom stereocenters. The highest BCUT2D eigenvalue weighted by molar-refractivity contribution is 5.03. The van der Waals surface area contributed by atoms with Crippen molar-refractivity contribution in [2.24, 2.45) is 0 Å². The van der Waals surface area contributed by atoms with Crippen molar-refractivity contribution >= 4 is 0 Å². The summed E-state index contributed by atoms with van der Waals surface area (Å²) < 4.78 is 50.9. The Bertz CT molecular complexity index is 373. The molecule has 1 saturated carbocycles. The van der Waals surface area contributed by atoms with Gasteiger partial charge >= 0.3 is 12.3 Å². The molecule has 96 valence electrons. The Morgan fingerprint density at radius 3 is 2.76 bits per heavy atom. The highest BCUT2D eigenvalue weighted by atomic mass is 19.3. The van der Waals surface area contributed by atoms with Gasteiger partial charge in [0.2, 0.25) is 0 Å². The summed E-state index contributed by atoms with van der Waals surface area (Å²) in [7, 11) is 0. The van der Waals surface area contributed by atoms with Gasteiger partial charge < -0.3 is 9.88 Å². The summed E-state index contributed by atoms with van der Waals surface area (Å²) in [5.74, 6) is -3.98. The summed E-state index contributed by atoms with van der Waals surface area (Å²) in [6.45, 7) is -0.903. The third kappa shape index (κ3) is 2.96. The molecule has 1 aliphatic rings. The van der Waals surface area contributed by atoms with Gasteiger partial charge in [-0.1, -0.05) is 0 Å². The Balaban J connectivity index is 1.83. The average Bonchev–Trinajstić information content (AvgIpc) is 2.99. The molecule has 1 aromatic heterocycles. The lowest BCUT2D eigenvalue weighted by Gasteiger charge is -2.16. The van der Waals surface area contributed by atoms with E-state index in [1.807, 2.05) is 4.57 Å². The van der Waals surface area contributed by atoms with E-state index in [2.05, 4.69) is 10.3 Å². The van der Waals surface area contributed by atoms with Gasteiger partial charge in [-0.3, -0.25) is 0 Å². The number of hydrogen-bond acceptors (Lipinski definition) is 2. The minimum atomic E-state index is -3.98. The highest BCUT2D eigenvalue weighted by Gasteiger charge is 2.40. The molecule has 2 rings (SSSR count). The minimum absolute atomic E-state index is 0.124. The Kier molecular flexibility index (Phi) is 3.37. The van der Waals surface area contributed by atoms with Crippen LogP contribution in [-0.2, 0) is 6.54 Å². The number of nitrogens with one attached hydrogen (secondary N) is 1. The molecular formula is C10H13F4N3. The fourth-order valence-corrected chi connectivity index (χ4v) is 1.58. The second-order valence-electron chi connectivity index (χ2n) is 4.19. The van der Waals surface area contributed by atoms with Crippen molar-refractivity contribution < 1.29 is 17.6 Å². The van der Waals surface area contributed by atoms with Crippen LogP contribution in [0.5, 0.6) is 0 Å². The molecule has 0 bridgehead atoms. The first-order chi connectivity index (χ1) is 8.00. The van der Waals surface area contributed by atoms with E-state index in [4.69, 9.17) is 0 Å². The smallest absolute Gasteiger partial charge is 0.319 e. The number of hydrogen-bond donors (Lipinski definition) is 1. The van der Waals surface area contributed by atoms with E-state index in [1.54, 1.807) is 12.5 Å². The van der Waals surface area contributed by atoms with Crippen LogP contribution in [0.2, 0.25) is 0 Å². The van der Waals surface area contributed by atoms with Crippen molar-refractivity contribution in [3.63, 3.8) is 0 Å². The fourth-order valence-electron chi connectivity index (χ4n) is 1.58. The lowest BCUT2D eigenvalue weighted by atomic mass is 10.3. The number of halogens is 4. The number of rotatable bonds is 6. The fraction of sp³-hybridized carbons (Fsp3) is 0.700. The molecule has 1 aromatic rings. The Morgan fingerprint density at radius 1 is 1.47 bits per heavy atom. The molecular weight excluding hydrogens is 238 g/mol. The first-order valence-corrected chi connectivity index (χ1v) is 5.38. The maximum atomic E-state index is 12.6. The molecule has 3 nitrogen and oxygen atoms in total. The molecule has 0 aliphatic heterocycles.